The van der Waals surface area contributed by atoms with Gasteiger partial charge in [0.15, 0.2) is 0 Å². The zero-order valence-corrected chi connectivity index (χ0v) is 13.1. The molecule has 1 aromatic heterocycles. The second kappa shape index (κ2) is 5.66. The van der Waals surface area contributed by atoms with E-state index in [1.54, 1.807) is 17.4 Å². The zero-order chi connectivity index (χ0) is 14.1. The standard InChI is InChI=1S/C15H13BrFNOS/c16-11-6-10(7-12(17)8-11)15(19)18(13-3-4-13)9-14-2-1-5-20-14/h1-2,5-8,13H,3-4,9H2. The van der Waals surface area contributed by atoms with Gasteiger partial charge in [0.25, 0.3) is 5.91 Å². The number of rotatable bonds is 4. The molecule has 0 saturated heterocycles. The van der Waals surface area contributed by atoms with Crippen LogP contribution in [0.2, 0.25) is 0 Å². The summed E-state index contributed by atoms with van der Waals surface area (Å²) in [5.41, 5.74) is 0.403. The number of halogens is 2. The highest BCUT2D eigenvalue weighted by atomic mass is 79.9. The average Bonchev–Trinajstić information content (AvgIpc) is 3.11. The minimum atomic E-state index is -0.394. The van der Waals surface area contributed by atoms with Crippen LogP contribution in [0.1, 0.15) is 28.1 Å². The summed E-state index contributed by atoms with van der Waals surface area (Å²) in [6.07, 6.45) is 2.07. The average molecular weight is 354 g/mol. The molecule has 0 aliphatic heterocycles. The Kier molecular flexibility index (Phi) is 3.89. The third-order valence-electron chi connectivity index (χ3n) is 3.26. The maximum Gasteiger partial charge on any atom is 0.254 e. The van der Waals surface area contributed by atoms with Crippen molar-refractivity contribution >= 4 is 33.2 Å². The molecule has 0 spiro atoms. The summed E-state index contributed by atoms with van der Waals surface area (Å²) >= 11 is 4.87. The molecule has 1 aliphatic rings. The van der Waals surface area contributed by atoms with Crippen LogP contribution in [0, 0.1) is 5.82 Å². The summed E-state index contributed by atoms with van der Waals surface area (Å²) in [4.78, 5) is 15.6. The van der Waals surface area contributed by atoms with Crippen LogP contribution in [0.3, 0.4) is 0 Å². The van der Waals surface area contributed by atoms with Gasteiger partial charge in [-0.15, -0.1) is 11.3 Å². The summed E-state index contributed by atoms with van der Waals surface area (Å²) in [6.45, 7) is 0.606. The normalized spacial score (nSPS) is 14.3. The summed E-state index contributed by atoms with van der Waals surface area (Å²) < 4.78 is 14.0. The van der Waals surface area contributed by atoms with Crippen molar-refractivity contribution < 1.29 is 9.18 Å². The van der Waals surface area contributed by atoms with E-state index in [2.05, 4.69) is 15.9 Å². The molecule has 0 N–H and O–H groups in total. The molecule has 1 aromatic carbocycles. The Morgan fingerprint density at radius 1 is 1.40 bits per heavy atom. The first-order valence-corrected chi connectivity index (χ1v) is 8.10. The molecule has 1 amide bonds. The van der Waals surface area contributed by atoms with Gasteiger partial charge in [0.1, 0.15) is 5.82 Å². The van der Waals surface area contributed by atoms with Gasteiger partial charge in [0.2, 0.25) is 0 Å². The largest absolute Gasteiger partial charge is 0.331 e. The number of thiophene rings is 1. The minimum Gasteiger partial charge on any atom is -0.331 e. The maximum absolute atomic E-state index is 13.4. The smallest absolute Gasteiger partial charge is 0.254 e. The highest BCUT2D eigenvalue weighted by Crippen LogP contribution is 2.31. The third kappa shape index (κ3) is 3.10. The Bertz CT molecular complexity index is 605. The first-order chi connectivity index (χ1) is 9.63. The van der Waals surface area contributed by atoms with Crippen LogP contribution < -0.4 is 0 Å². The lowest BCUT2D eigenvalue weighted by Gasteiger charge is -2.22. The predicted octanol–water partition coefficient (Wildman–Crippen LogP) is 4.45. The second-order valence-corrected chi connectivity index (χ2v) is 6.85. The molecule has 1 heterocycles. The maximum atomic E-state index is 13.4. The fraction of sp³-hybridized carbons (Fsp3) is 0.267. The lowest BCUT2D eigenvalue weighted by atomic mass is 10.2. The molecule has 2 aromatic rings. The molecule has 20 heavy (non-hydrogen) atoms. The number of hydrogen-bond donors (Lipinski definition) is 0. The van der Waals surface area contributed by atoms with E-state index in [0.29, 0.717) is 22.6 Å². The number of benzene rings is 1. The van der Waals surface area contributed by atoms with Gasteiger partial charge in [-0.2, -0.15) is 0 Å². The Labute approximate surface area is 129 Å². The Hall–Kier alpha value is -1.20. The number of carbonyl (C=O) groups is 1. The summed E-state index contributed by atoms with van der Waals surface area (Å²) in [7, 11) is 0. The number of hydrogen-bond acceptors (Lipinski definition) is 2. The number of amides is 1. The molecule has 5 heteroatoms. The molecular formula is C15H13BrFNOS. The summed E-state index contributed by atoms with van der Waals surface area (Å²) in [6, 6.07) is 8.64. The van der Waals surface area contributed by atoms with Gasteiger partial charge in [0.05, 0.1) is 6.54 Å². The molecule has 1 fully saturated rings. The molecular weight excluding hydrogens is 341 g/mol. The van der Waals surface area contributed by atoms with Gasteiger partial charge in [-0.1, -0.05) is 22.0 Å². The van der Waals surface area contributed by atoms with Crippen molar-refractivity contribution in [3.63, 3.8) is 0 Å². The van der Waals surface area contributed by atoms with E-state index in [0.717, 1.165) is 17.7 Å². The van der Waals surface area contributed by atoms with E-state index in [9.17, 15) is 9.18 Å². The van der Waals surface area contributed by atoms with Crippen LogP contribution in [0.25, 0.3) is 0 Å². The van der Waals surface area contributed by atoms with Crippen molar-refractivity contribution in [2.45, 2.75) is 25.4 Å². The third-order valence-corrected chi connectivity index (χ3v) is 4.58. The summed E-state index contributed by atoms with van der Waals surface area (Å²) in [5, 5.41) is 2.00. The molecule has 1 aliphatic carbocycles. The highest BCUT2D eigenvalue weighted by molar-refractivity contribution is 9.10. The van der Waals surface area contributed by atoms with E-state index in [1.807, 2.05) is 22.4 Å². The van der Waals surface area contributed by atoms with E-state index in [1.165, 1.54) is 12.1 Å². The Balaban J connectivity index is 1.85. The van der Waals surface area contributed by atoms with E-state index in [-0.39, 0.29) is 5.91 Å². The van der Waals surface area contributed by atoms with E-state index < -0.39 is 5.82 Å². The summed E-state index contributed by atoms with van der Waals surface area (Å²) in [5.74, 6) is -0.490. The molecule has 0 radical (unpaired) electrons. The molecule has 2 nitrogen and oxygen atoms in total. The van der Waals surface area contributed by atoms with Crippen LogP contribution in [-0.2, 0) is 6.54 Å². The zero-order valence-electron chi connectivity index (χ0n) is 10.7. The lowest BCUT2D eigenvalue weighted by molar-refractivity contribution is 0.0731. The van der Waals surface area contributed by atoms with Crippen LogP contribution in [0.15, 0.2) is 40.2 Å². The van der Waals surface area contributed by atoms with Crippen molar-refractivity contribution in [2.75, 3.05) is 0 Å². The highest BCUT2D eigenvalue weighted by Gasteiger charge is 2.33. The van der Waals surface area contributed by atoms with Gasteiger partial charge < -0.3 is 4.90 Å². The lowest BCUT2D eigenvalue weighted by Crippen LogP contribution is -2.32. The van der Waals surface area contributed by atoms with Crippen molar-refractivity contribution in [1.29, 1.82) is 0 Å². The van der Waals surface area contributed by atoms with Gasteiger partial charge in [-0.05, 0) is 42.5 Å². The predicted molar refractivity (Wildman–Crippen MR) is 81.3 cm³/mol. The van der Waals surface area contributed by atoms with Crippen LogP contribution >= 0.6 is 27.3 Å². The van der Waals surface area contributed by atoms with Crippen LogP contribution in [0.4, 0.5) is 4.39 Å². The molecule has 3 rings (SSSR count). The fourth-order valence-corrected chi connectivity index (χ4v) is 3.33. The van der Waals surface area contributed by atoms with Crippen LogP contribution in [0.5, 0.6) is 0 Å². The monoisotopic (exact) mass is 353 g/mol. The molecule has 104 valence electrons. The van der Waals surface area contributed by atoms with Gasteiger partial charge >= 0.3 is 0 Å². The Morgan fingerprint density at radius 3 is 2.80 bits per heavy atom. The van der Waals surface area contributed by atoms with E-state index in [4.69, 9.17) is 0 Å². The fourth-order valence-electron chi connectivity index (χ4n) is 2.17. The van der Waals surface area contributed by atoms with E-state index >= 15 is 0 Å². The first-order valence-electron chi connectivity index (χ1n) is 6.43. The number of nitrogens with zero attached hydrogens (tertiary/aromatic N) is 1. The van der Waals surface area contributed by atoms with Crippen molar-refractivity contribution in [3.8, 4) is 0 Å². The topological polar surface area (TPSA) is 20.3 Å². The van der Waals surface area contributed by atoms with Crippen LogP contribution in [-0.4, -0.2) is 16.8 Å². The van der Waals surface area contributed by atoms with Gasteiger partial charge in [-0.3, -0.25) is 4.79 Å². The Morgan fingerprint density at radius 2 is 2.20 bits per heavy atom. The van der Waals surface area contributed by atoms with Crippen molar-refractivity contribution in [2.24, 2.45) is 0 Å². The molecule has 0 bridgehead atoms. The van der Waals surface area contributed by atoms with Crippen molar-refractivity contribution in [3.05, 3.63) is 56.4 Å². The van der Waals surface area contributed by atoms with Gasteiger partial charge in [-0.25, -0.2) is 4.39 Å². The van der Waals surface area contributed by atoms with Gasteiger partial charge in [0, 0.05) is 21.0 Å². The van der Waals surface area contributed by atoms with Crippen molar-refractivity contribution in [1.82, 2.24) is 4.90 Å². The minimum absolute atomic E-state index is 0.0962. The molecule has 1 saturated carbocycles. The number of carbonyl (C=O) groups excluding carboxylic acids is 1. The quantitative estimate of drug-likeness (QED) is 0.794. The molecule has 0 atom stereocenters. The second-order valence-electron chi connectivity index (χ2n) is 4.90. The molecule has 0 unspecified atom stereocenters. The SMILES string of the molecule is O=C(c1cc(F)cc(Br)c1)N(Cc1cccs1)C1CC1. The first kappa shape index (κ1) is 13.8.